The third-order valence-electron chi connectivity index (χ3n) is 4.13. The number of carbonyl (C=O) groups excluding carboxylic acids is 2. The Bertz CT molecular complexity index is 1030. The number of aryl methyl sites for hydroxylation is 3. The van der Waals surface area contributed by atoms with Crippen molar-refractivity contribution < 1.29 is 18.7 Å². The maximum Gasteiger partial charge on any atom is 0.310 e. The molecule has 140 valence electrons. The number of amides is 1. The predicted octanol–water partition coefficient (Wildman–Crippen LogP) is 1.91. The zero-order valence-electron chi connectivity index (χ0n) is 15.1. The summed E-state index contributed by atoms with van der Waals surface area (Å²) in [5.74, 6) is -1.10. The maximum absolute atomic E-state index is 13.5. The van der Waals surface area contributed by atoms with Gasteiger partial charge in [0.25, 0.3) is 11.7 Å². The minimum Gasteiger partial charge on any atom is -0.455 e. The number of carbonyl (C=O) groups is 2. The Morgan fingerprint density at radius 2 is 2.04 bits per heavy atom. The van der Waals surface area contributed by atoms with Crippen molar-refractivity contribution in [3.05, 3.63) is 52.9 Å². The van der Waals surface area contributed by atoms with Crippen LogP contribution in [-0.2, 0) is 20.7 Å². The van der Waals surface area contributed by atoms with Crippen molar-refractivity contribution in [1.29, 1.82) is 0 Å². The van der Waals surface area contributed by atoms with E-state index in [4.69, 9.17) is 4.74 Å². The van der Waals surface area contributed by atoms with E-state index in [0.29, 0.717) is 28.3 Å². The molecule has 0 aliphatic carbocycles. The summed E-state index contributed by atoms with van der Waals surface area (Å²) in [6.07, 6.45) is 1.34. The van der Waals surface area contributed by atoms with Crippen molar-refractivity contribution in [3.63, 3.8) is 0 Å². The van der Waals surface area contributed by atoms with Crippen LogP contribution >= 0.6 is 0 Å². The summed E-state index contributed by atoms with van der Waals surface area (Å²) in [5.41, 5.74) is 2.81. The van der Waals surface area contributed by atoms with Crippen LogP contribution in [0.15, 0.2) is 24.5 Å². The molecule has 9 heteroatoms. The van der Waals surface area contributed by atoms with Gasteiger partial charge in [-0.25, -0.2) is 13.9 Å². The van der Waals surface area contributed by atoms with Gasteiger partial charge in [0.15, 0.2) is 6.61 Å². The second-order valence-corrected chi connectivity index (χ2v) is 6.08. The topological polar surface area (TPSA) is 98.5 Å². The first-order valence-corrected chi connectivity index (χ1v) is 8.22. The Hall–Kier alpha value is -3.36. The Morgan fingerprint density at radius 1 is 1.26 bits per heavy atom. The van der Waals surface area contributed by atoms with Gasteiger partial charge in [-0.1, -0.05) is 6.07 Å². The van der Waals surface area contributed by atoms with Crippen LogP contribution < -0.4 is 5.32 Å². The fourth-order valence-electron chi connectivity index (χ4n) is 2.62. The molecule has 8 nitrogen and oxygen atoms in total. The van der Waals surface area contributed by atoms with Crippen molar-refractivity contribution in [2.75, 3.05) is 11.9 Å². The fourth-order valence-corrected chi connectivity index (χ4v) is 2.62. The number of nitrogens with zero attached hydrogens (tertiary/aromatic N) is 4. The molecular formula is C18H18FN5O3. The summed E-state index contributed by atoms with van der Waals surface area (Å²) in [5, 5.41) is 6.54. The molecule has 0 unspecified atom stereocenters. The fraction of sp³-hybridized carbons (Fsp3) is 0.278. The van der Waals surface area contributed by atoms with E-state index < -0.39 is 24.3 Å². The van der Waals surface area contributed by atoms with Crippen LogP contribution in [-0.4, -0.2) is 38.1 Å². The van der Waals surface area contributed by atoms with Gasteiger partial charge in [0.1, 0.15) is 12.1 Å². The van der Waals surface area contributed by atoms with Gasteiger partial charge in [0, 0.05) is 22.6 Å². The molecule has 1 amide bonds. The number of rotatable bonds is 5. The van der Waals surface area contributed by atoms with Gasteiger partial charge in [-0.05, 0) is 38.5 Å². The Kier molecular flexibility index (Phi) is 5.11. The molecule has 1 aromatic carbocycles. The summed E-state index contributed by atoms with van der Waals surface area (Å²) >= 11 is 0. The lowest BCUT2D eigenvalue weighted by Crippen LogP contribution is -2.22. The Morgan fingerprint density at radius 3 is 2.78 bits per heavy atom. The van der Waals surface area contributed by atoms with Crippen molar-refractivity contribution in [1.82, 2.24) is 19.6 Å². The molecule has 3 aromatic rings. The van der Waals surface area contributed by atoms with Crippen LogP contribution in [0.25, 0.3) is 5.78 Å². The molecule has 3 rings (SSSR count). The molecule has 0 saturated heterocycles. The largest absolute Gasteiger partial charge is 0.455 e. The van der Waals surface area contributed by atoms with Crippen molar-refractivity contribution in [3.8, 4) is 0 Å². The number of hydrogen-bond acceptors (Lipinski definition) is 6. The SMILES string of the molecule is Cc1ccc(NC(=O)COC(=O)Cc2c(C)nc3ncnn3c2C)cc1F. The minimum atomic E-state index is -0.576. The van der Waals surface area contributed by atoms with E-state index in [2.05, 4.69) is 20.4 Å². The molecule has 2 aromatic heterocycles. The highest BCUT2D eigenvalue weighted by Gasteiger charge is 2.16. The molecule has 0 radical (unpaired) electrons. The van der Waals surface area contributed by atoms with Gasteiger partial charge in [0.05, 0.1) is 6.42 Å². The zero-order valence-corrected chi connectivity index (χ0v) is 15.1. The van der Waals surface area contributed by atoms with Crippen LogP contribution in [0.3, 0.4) is 0 Å². The normalized spacial score (nSPS) is 10.8. The number of ether oxygens (including phenoxy) is 1. The highest BCUT2D eigenvalue weighted by molar-refractivity contribution is 5.92. The zero-order chi connectivity index (χ0) is 19.6. The maximum atomic E-state index is 13.5. The first kappa shape index (κ1) is 18.4. The smallest absolute Gasteiger partial charge is 0.310 e. The van der Waals surface area contributed by atoms with Gasteiger partial charge >= 0.3 is 5.97 Å². The third-order valence-corrected chi connectivity index (χ3v) is 4.13. The van der Waals surface area contributed by atoms with Gasteiger partial charge < -0.3 is 10.1 Å². The molecular weight excluding hydrogens is 353 g/mol. The number of fused-ring (bicyclic) bond motifs is 1. The van der Waals surface area contributed by atoms with Crippen LogP contribution in [0, 0.1) is 26.6 Å². The summed E-state index contributed by atoms with van der Waals surface area (Å²) < 4.78 is 20.1. The molecule has 0 aliphatic rings. The molecule has 0 bridgehead atoms. The molecule has 0 saturated carbocycles. The van der Waals surface area contributed by atoms with Gasteiger partial charge in [-0.3, -0.25) is 9.59 Å². The number of aromatic nitrogens is 4. The van der Waals surface area contributed by atoms with Crippen LogP contribution in [0.5, 0.6) is 0 Å². The number of hydrogen-bond donors (Lipinski definition) is 1. The van der Waals surface area contributed by atoms with E-state index in [0.717, 1.165) is 5.69 Å². The summed E-state index contributed by atoms with van der Waals surface area (Å²) in [4.78, 5) is 32.3. The van der Waals surface area contributed by atoms with E-state index in [-0.39, 0.29) is 6.42 Å². The number of anilines is 1. The average molecular weight is 371 g/mol. The lowest BCUT2D eigenvalue weighted by Gasteiger charge is -2.10. The molecule has 0 spiro atoms. The second kappa shape index (κ2) is 7.48. The molecule has 0 atom stereocenters. The minimum absolute atomic E-state index is 0.0487. The summed E-state index contributed by atoms with van der Waals surface area (Å²) in [6, 6.07) is 4.33. The van der Waals surface area contributed by atoms with Crippen LogP contribution in [0.1, 0.15) is 22.5 Å². The summed E-state index contributed by atoms with van der Waals surface area (Å²) in [7, 11) is 0. The number of nitrogens with one attached hydrogen (secondary N) is 1. The standard InChI is InChI=1S/C18H18FN5O3/c1-10-4-5-13(6-15(10)19)23-16(25)8-27-17(26)7-14-11(2)22-18-20-9-21-24(18)12(14)3/h4-6,9H,7-8H2,1-3H3,(H,23,25). The lowest BCUT2D eigenvalue weighted by molar-refractivity contribution is -0.146. The molecule has 2 heterocycles. The first-order chi connectivity index (χ1) is 12.8. The monoisotopic (exact) mass is 371 g/mol. The third kappa shape index (κ3) is 4.08. The van der Waals surface area contributed by atoms with Crippen molar-refractivity contribution >= 4 is 23.3 Å². The Labute approximate surface area is 154 Å². The Balaban J connectivity index is 1.59. The van der Waals surface area contributed by atoms with E-state index in [9.17, 15) is 14.0 Å². The van der Waals surface area contributed by atoms with E-state index in [1.54, 1.807) is 32.9 Å². The van der Waals surface area contributed by atoms with Gasteiger partial charge in [-0.15, -0.1) is 0 Å². The van der Waals surface area contributed by atoms with Crippen LogP contribution in [0.2, 0.25) is 0 Å². The highest BCUT2D eigenvalue weighted by Crippen LogP contribution is 2.15. The lowest BCUT2D eigenvalue weighted by atomic mass is 10.1. The van der Waals surface area contributed by atoms with Crippen LogP contribution in [0.4, 0.5) is 10.1 Å². The average Bonchev–Trinajstić information content (AvgIpc) is 3.08. The van der Waals surface area contributed by atoms with E-state index in [1.807, 2.05) is 0 Å². The molecule has 27 heavy (non-hydrogen) atoms. The van der Waals surface area contributed by atoms with E-state index in [1.165, 1.54) is 16.9 Å². The van der Waals surface area contributed by atoms with Gasteiger partial charge in [0.2, 0.25) is 0 Å². The quantitative estimate of drug-likeness (QED) is 0.688. The van der Waals surface area contributed by atoms with Crippen molar-refractivity contribution in [2.24, 2.45) is 0 Å². The summed E-state index contributed by atoms with van der Waals surface area (Å²) in [6.45, 7) is 4.73. The highest BCUT2D eigenvalue weighted by atomic mass is 19.1. The number of benzene rings is 1. The number of halogens is 1. The van der Waals surface area contributed by atoms with E-state index >= 15 is 0 Å². The predicted molar refractivity (Wildman–Crippen MR) is 94.7 cm³/mol. The molecule has 0 aliphatic heterocycles. The first-order valence-electron chi connectivity index (χ1n) is 8.22. The second-order valence-electron chi connectivity index (χ2n) is 6.08. The molecule has 1 N–H and O–H groups in total. The molecule has 0 fully saturated rings. The van der Waals surface area contributed by atoms with Crippen molar-refractivity contribution in [2.45, 2.75) is 27.2 Å². The van der Waals surface area contributed by atoms with Gasteiger partial charge in [-0.2, -0.15) is 10.1 Å². The number of esters is 1.